The van der Waals surface area contributed by atoms with E-state index in [4.69, 9.17) is 37.9 Å². The Balaban J connectivity index is 1.65. The SMILES string of the molecule is CCOC(=O)CCCCCOCCOCCOCCOCCOCCOCCOCc1ccccc1. The molecule has 0 aliphatic carbocycles. The summed E-state index contributed by atoms with van der Waals surface area (Å²) in [4.78, 5) is 11.2. The van der Waals surface area contributed by atoms with Crippen LogP contribution >= 0.6 is 0 Å². The molecule has 0 atom stereocenters. The first-order chi connectivity index (χ1) is 17.8. The third-order valence-corrected chi connectivity index (χ3v) is 4.82. The fourth-order valence-corrected chi connectivity index (χ4v) is 2.97. The summed E-state index contributed by atoms with van der Waals surface area (Å²) in [6, 6.07) is 10.1. The van der Waals surface area contributed by atoms with Gasteiger partial charge in [-0.15, -0.1) is 0 Å². The molecule has 0 fully saturated rings. The van der Waals surface area contributed by atoms with Crippen molar-refractivity contribution in [2.45, 2.75) is 39.2 Å². The van der Waals surface area contributed by atoms with E-state index < -0.39 is 0 Å². The molecule has 1 rings (SSSR count). The lowest BCUT2D eigenvalue weighted by molar-refractivity contribution is -0.143. The van der Waals surface area contributed by atoms with Crippen LogP contribution in [0.1, 0.15) is 38.2 Å². The van der Waals surface area contributed by atoms with Crippen LogP contribution in [0.25, 0.3) is 0 Å². The fourth-order valence-electron chi connectivity index (χ4n) is 2.97. The Morgan fingerprint density at radius 3 is 1.47 bits per heavy atom. The van der Waals surface area contributed by atoms with Gasteiger partial charge >= 0.3 is 5.97 Å². The van der Waals surface area contributed by atoms with Gasteiger partial charge in [0.2, 0.25) is 0 Å². The summed E-state index contributed by atoms with van der Waals surface area (Å²) in [6.07, 6.45) is 3.22. The summed E-state index contributed by atoms with van der Waals surface area (Å²) in [7, 11) is 0. The van der Waals surface area contributed by atoms with Crippen LogP contribution in [0.3, 0.4) is 0 Å². The molecule has 0 spiro atoms. The molecule has 0 N–H and O–H groups in total. The lowest BCUT2D eigenvalue weighted by Gasteiger charge is -2.08. The van der Waals surface area contributed by atoms with Crippen molar-refractivity contribution in [3.8, 4) is 0 Å². The maximum atomic E-state index is 11.2. The van der Waals surface area contributed by atoms with Crippen molar-refractivity contribution in [2.75, 3.05) is 92.5 Å². The second-order valence-electron chi connectivity index (χ2n) is 7.83. The van der Waals surface area contributed by atoms with Crippen molar-refractivity contribution in [3.63, 3.8) is 0 Å². The molecule has 0 aliphatic heterocycles. The van der Waals surface area contributed by atoms with Crippen LogP contribution in [-0.2, 0) is 49.3 Å². The number of hydrogen-bond acceptors (Lipinski definition) is 9. The average Bonchev–Trinajstić information content (AvgIpc) is 2.89. The number of rotatable bonds is 27. The van der Waals surface area contributed by atoms with E-state index in [1.807, 2.05) is 37.3 Å². The maximum absolute atomic E-state index is 11.2. The molecule has 0 aliphatic rings. The van der Waals surface area contributed by atoms with Gasteiger partial charge in [0, 0.05) is 13.0 Å². The molecule has 9 heteroatoms. The molecule has 0 heterocycles. The molecular formula is C27H46O9. The van der Waals surface area contributed by atoms with Gasteiger partial charge in [-0.1, -0.05) is 36.8 Å². The lowest BCUT2D eigenvalue weighted by Crippen LogP contribution is -2.14. The molecule has 0 saturated carbocycles. The predicted octanol–water partition coefficient (Wildman–Crippen LogP) is 3.43. The molecule has 36 heavy (non-hydrogen) atoms. The molecule has 0 bridgehead atoms. The summed E-state index contributed by atoms with van der Waals surface area (Å²) in [5.74, 6) is -0.121. The summed E-state index contributed by atoms with van der Waals surface area (Å²) in [5, 5.41) is 0. The van der Waals surface area contributed by atoms with E-state index in [0.717, 1.165) is 24.8 Å². The maximum Gasteiger partial charge on any atom is 0.305 e. The van der Waals surface area contributed by atoms with Crippen LogP contribution in [-0.4, -0.2) is 98.5 Å². The van der Waals surface area contributed by atoms with Gasteiger partial charge in [0.1, 0.15) is 0 Å². The van der Waals surface area contributed by atoms with Gasteiger partial charge in [0.05, 0.1) is 92.5 Å². The highest BCUT2D eigenvalue weighted by atomic mass is 16.6. The van der Waals surface area contributed by atoms with E-state index in [1.165, 1.54) is 0 Å². The largest absolute Gasteiger partial charge is 0.466 e. The van der Waals surface area contributed by atoms with Gasteiger partial charge in [-0.05, 0) is 25.3 Å². The van der Waals surface area contributed by atoms with Crippen LogP contribution in [0.15, 0.2) is 30.3 Å². The summed E-state index contributed by atoms with van der Waals surface area (Å²) in [6.45, 7) is 10.0. The highest BCUT2D eigenvalue weighted by Crippen LogP contribution is 2.02. The molecule has 1 aromatic carbocycles. The van der Waals surface area contributed by atoms with Crippen molar-refractivity contribution >= 4 is 5.97 Å². The van der Waals surface area contributed by atoms with Crippen molar-refractivity contribution in [3.05, 3.63) is 35.9 Å². The van der Waals surface area contributed by atoms with Crippen LogP contribution in [0, 0.1) is 0 Å². The van der Waals surface area contributed by atoms with Gasteiger partial charge in [0.25, 0.3) is 0 Å². The Morgan fingerprint density at radius 2 is 1.00 bits per heavy atom. The number of ether oxygens (including phenoxy) is 8. The zero-order chi connectivity index (χ0) is 25.8. The van der Waals surface area contributed by atoms with E-state index in [9.17, 15) is 4.79 Å². The Morgan fingerprint density at radius 1 is 0.556 bits per heavy atom. The Kier molecular flexibility index (Phi) is 23.9. The standard InChI is InChI=1S/C27H46O9/c1-2-36-27(28)11-7-4-8-12-29-13-14-30-15-16-31-17-18-32-19-20-33-21-22-34-23-24-35-25-26-9-5-3-6-10-26/h3,5-6,9-10H,2,4,7-8,11-25H2,1H3. The topological polar surface area (TPSA) is 90.9 Å². The number of carbonyl (C=O) groups is 1. The second-order valence-corrected chi connectivity index (χ2v) is 7.83. The second kappa shape index (κ2) is 26.5. The van der Waals surface area contributed by atoms with Crippen molar-refractivity contribution < 1.29 is 42.7 Å². The molecule has 0 aromatic heterocycles. The van der Waals surface area contributed by atoms with Gasteiger partial charge in [-0.25, -0.2) is 0 Å². The van der Waals surface area contributed by atoms with Crippen LogP contribution < -0.4 is 0 Å². The molecule has 1 aromatic rings. The minimum atomic E-state index is -0.121. The number of unbranched alkanes of at least 4 members (excludes halogenated alkanes) is 2. The Bertz CT molecular complexity index is 586. The predicted molar refractivity (Wildman–Crippen MR) is 136 cm³/mol. The van der Waals surface area contributed by atoms with E-state index >= 15 is 0 Å². The van der Waals surface area contributed by atoms with E-state index in [2.05, 4.69) is 0 Å². The van der Waals surface area contributed by atoms with Gasteiger partial charge in [-0.3, -0.25) is 4.79 Å². The smallest absolute Gasteiger partial charge is 0.305 e. The Hall–Kier alpha value is -1.59. The van der Waals surface area contributed by atoms with E-state index in [-0.39, 0.29) is 5.97 Å². The quantitative estimate of drug-likeness (QED) is 0.129. The number of benzene rings is 1. The third kappa shape index (κ3) is 22.8. The normalized spacial score (nSPS) is 11.1. The van der Waals surface area contributed by atoms with Gasteiger partial charge in [0.15, 0.2) is 0 Å². The molecule has 208 valence electrons. The summed E-state index contributed by atoms with van der Waals surface area (Å²) in [5.41, 5.74) is 1.16. The number of esters is 1. The minimum absolute atomic E-state index is 0.121. The number of hydrogen-bond donors (Lipinski definition) is 0. The average molecular weight is 515 g/mol. The van der Waals surface area contributed by atoms with Crippen LogP contribution in [0.5, 0.6) is 0 Å². The minimum Gasteiger partial charge on any atom is -0.466 e. The molecule has 0 unspecified atom stereocenters. The van der Waals surface area contributed by atoms with Crippen molar-refractivity contribution in [1.82, 2.24) is 0 Å². The third-order valence-electron chi connectivity index (χ3n) is 4.82. The van der Waals surface area contributed by atoms with E-state index in [1.54, 1.807) is 0 Å². The van der Waals surface area contributed by atoms with Crippen LogP contribution in [0.2, 0.25) is 0 Å². The summed E-state index contributed by atoms with van der Waals surface area (Å²) >= 11 is 0. The molecular weight excluding hydrogens is 468 g/mol. The van der Waals surface area contributed by atoms with Crippen molar-refractivity contribution in [1.29, 1.82) is 0 Å². The van der Waals surface area contributed by atoms with Crippen molar-refractivity contribution in [2.24, 2.45) is 0 Å². The zero-order valence-corrected chi connectivity index (χ0v) is 22.0. The highest BCUT2D eigenvalue weighted by Gasteiger charge is 2.00. The van der Waals surface area contributed by atoms with Gasteiger partial charge in [-0.2, -0.15) is 0 Å². The lowest BCUT2D eigenvalue weighted by atomic mass is 10.2. The number of carbonyl (C=O) groups excluding carboxylic acids is 1. The van der Waals surface area contributed by atoms with E-state index in [0.29, 0.717) is 106 Å². The zero-order valence-electron chi connectivity index (χ0n) is 22.0. The first-order valence-electron chi connectivity index (χ1n) is 13.1. The Labute approximate surface area is 216 Å². The molecule has 0 radical (unpaired) electrons. The van der Waals surface area contributed by atoms with Crippen LogP contribution in [0.4, 0.5) is 0 Å². The molecule has 9 nitrogen and oxygen atoms in total. The monoisotopic (exact) mass is 514 g/mol. The van der Waals surface area contributed by atoms with Gasteiger partial charge < -0.3 is 37.9 Å². The molecule has 0 saturated heterocycles. The first kappa shape index (κ1) is 32.4. The molecule has 0 amide bonds. The summed E-state index contributed by atoms with van der Waals surface area (Å²) < 4.78 is 43.3. The first-order valence-corrected chi connectivity index (χ1v) is 13.1. The fraction of sp³-hybridized carbons (Fsp3) is 0.741. The highest BCUT2D eigenvalue weighted by molar-refractivity contribution is 5.69.